The van der Waals surface area contributed by atoms with Crippen LogP contribution in [-0.2, 0) is 16.6 Å². The number of sulfonamides is 1. The first kappa shape index (κ1) is 12.6. The molecule has 1 saturated carbocycles. The fourth-order valence-corrected chi connectivity index (χ4v) is 6.02. The Morgan fingerprint density at radius 2 is 1.94 bits per heavy atom. The van der Waals surface area contributed by atoms with Crippen molar-refractivity contribution in [2.75, 3.05) is 13.1 Å². The molecule has 0 spiro atoms. The van der Waals surface area contributed by atoms with E-state index in [-0.39, 0.29) is 6.61 Å². The van der Waals surface area contributed by atoms with Gasteiger partial charge in [0, 0.05) is 18.0 Å². The van der Waals surface area contributed by atoms with E-state index < -0.39 is 10.0 Å². The van der Waals surface area contributed by atoms with E-state index in [0.717, 1.165) is 0 Å². The minimum Gasteiger partial charge on any atom is -0.391 e. The van der Waals surface area contributed by atoms with Crippen molar-refractivity contribution in [2.24, 2.45) is 11.8 Å². The van der Waals surface area contributed by atoms with Crippen molar-refractivity contribution >= 4 is 21.4 Å². The lowest BCUT2D eigenvalue weighted by atomic mass is 10.0. The Hall–Kier alpha value is -0.430. The zero-order chi connectivity index (χ0) is 12.8. The first-order chi connectivity index (χ1) is 8.61. The van der Waals surface area contributed by atoms with Crippen molar-refractivity contribution < 1.29 is 13.5 Å². The van der Waals surface area contributed by atoms with E-state index in [4.69, 9.17) is 5.11 Å². The minimum atomic E-state index is -3.33. The largest absolute Gasteiger partial charge is 0.391 e. The van der Waals surface area contributed by atoms with Crippen molar-refractivity contribution in [1.82, 2.24) is 4.31 Å². The van der Waals surface area contributed by atoms with Gasteiger partial charge >= 0.3 is 0 Å². The Labute approximate surface area is 111 Å². The number of rotatable bonds is 3. The summed E-state index contributed by atoms with van der Waals surface area (Å²) in [5.74, 6) is 1.13. The number of aliphatic hydroxyl groups is 1. The number of thiophene rings is 1. The molecule has 1 aliphatic heterocycles. The van der Waals surface area contributed by atoms with Crippen molar-refractivity contribution in [3.05, 3.63) is 17.0 Å². The second-order valence-corrected chi connectivity index (χ2v) is 8.49. The lowest BCUT2D eigenvalue weighted by molar-refractivity contribution is 0.285. The number of hydrogen-bond acceptors (Lipinski definition) is 4. The summed E-state index contributed by atoms with van der Waals surface area (Å²) in [7, 11) is -3.33. The zero-order valence-corrected chi connectivity index (χ0v) is 11.7. The van der Waals surface area contributed by atoms with Crippen LogP contribution < -0.4 is 0 Å². The van der Waals surface area contributed by atoms with Gasteiger partial charge in [-0.05, 0) is 36.8 Å². The van der Waals surface area contributed by atoms with Crippen LogP contribution in [0.1, 0.15) is 24.1 Å². The molecule has 18 heavy (non-hydrogen) atoms. The molecule has 1 aliphatic carbocycles. The summed E-state index contributed by atoms with van der Waals surface area (Å²) in [6.45, 7) is 1.27. The monoisotopic (exact) mass is 287 g/mol. The molecule has 2 heterocycles. The molecule has 1 aromatic rings. The molecule has 0 radical (unpaired) electrons. The number of nitrogens with zero attached hydrogens (tertiary/aromatic N) is 1. The van der Waals surface area contributed by atoms with Gasteiger partial charge in [0.05, 0.1) is 6.61 Å². The van der Waals surface area contributed by atoms with Crippen LogP contribution in [-0.4, -0.2) is 30.9 Å². The Morgan fingerprint density at radius 3 is 2.50 bits per heavy atom. The van der Waals surface area contributed by atoms with Gasteiger partial charge in [0.15, 0.2) is 0 Å². The van der Waals surface area contributed by atoms with Crippen molar-refractivity contribution in [1.29, 1.82) is 0 Å². The molecule has 4 nitrogen and oxygen atoms in total. The van der Waals surface area contributed by atoms with E-state index in [1.54, 1.807) is 16.4 Å². The summed E-state index contributed by atoms with van der Waals surface area (Å²) in [6.07, 6.45) is 3.59. The van der Waals surface area contributed by atoms with Crippen LogP contribution >= 0.6 is 11.3 Å². The van der Waals surface area contributed by atoms with E-state index in [2.05, 4.69) is 0 Å². The minimum absolute atomic E-state index is 0.0918. The van der Waals surface area contributed by atoms with E-state index in [1.165, 1.54) is 30.6 Å². The van der Waals surface area contributed by atoms with Crippen molar-refractivity contribution in [3.63, 3.8) is 0 Å². The fourth-order valence-electron chi connectivity index (χ4n) is 3.10. The molecular weight excluding hydrogens is 270 g/mol. The van der Waals surface area contributed by atoms with E-state index >= 15 is 0 Å². The molecule has 2 aliphatic rings. The van der Waals surface area contributed by atoms with Crippen LogP contribution in [0.25, 0.3) is 0 Å². The van der Waals surface area contributed by atoms with Gasteiger partial charge in [-0.25, -0.2) is 8.42 Å². The first-order valence-corrected chi connectivity index (χ1v) is 8.56. The van der Waals surface area contributed by atoms with Crippen LogP contribution in [0, 0.1) is 11.8 Å². The van der Waals surface area contributed by atoms with Gasteiger partial charge in [-0.1, -0.05) is 6.42 Å². The van der Waals surface area contributed by atoms with Gasteiger partial charge in [0.2, 0.25) is 0 Å². The third kappa shape index (κ3) is 2.01. The maximum absolute atomic E-state index is 12.4. The Morgan fingerprint density at radius 1 is 1.28 bits per heavy atom. The standard InChI is InChI=1S/C12H17NO3S2/c14-8-11-4-5-12(17-11)18(15,16)13-6-9-2-1-3-10(9)7-13/h4-5,9-10,14H,1-3,6-8H2. The maximum Gasteiger partial charge on any atom is 0.252 e. The Bertz CT molecular complexity index is 525. The molecule has 6 heteroatoms. The second kappa shape index (κ2) is 4.59. The quantitative estimate of drug-likeness (QED) is 0.920. The van der Waals surface area contributed by atoms with Crippen LogP contribution in [0.15, 0.2) is 16.3 Å². The lowest BCUT2D eigenvalue weighted by Gasteiger charge is -2.15. The van der Waals surface area contributed by atoms with Gasteiger partial charge in [-0.2, -0.15) is 4.31 Å². The summed E-state index contributed by atoms with van der Waals surface area (Å²) in [5, 5.41) is 9.02. The van der Waals surface area contributed by atoms with Crippen LogP contribution in [0.2, 0.25) is 0 Å². The molecule has 2 fully saturated rings. The molecular formula is C12H17NO3S2. The highest BCUT2D eigenvalue weighted by molar-refractivity contribution is 7.91. The van der Waals surface area contributed by atoms with Gasteiger partial charge in [0.1, 0.15) is 4.21 Å². The molecule has 0 bridgehead atoms. The molecule has 1 saturated heterocycles. The molecule has 0 amide bonds. The summed E-state index contributed by atoms with van der Waals surface area (Å²) in [6, 6.07) is 3.30. The number of hydrogen-bond donors (Lipinski definition) is 1. The summed E-state index contributed by atoms with van der Waals surface area (Å²) < 4.78 is 26.9. The summed E-state index contributed by atoms with van der Waals surface area (Å²) in [4.78, 5) is 0.702. The third-order valence-corrected chi connectivity index (χ3v) is 7.45. The molecule has 2 atom stereocenters. The van der Waals surface area contributed by atoms with Crippen molar-refractivity contribution in [3.8, 4) is 0 Å². The van der Waals surface area contributed by atoms with E-state index in [1.807, 2.05) is 0 Å². The maximum atomic E-state index is 12.4. The average Bonchev–Trinajstić information content (AvgIpc) is 3.03. The van der Waals surface area contributed by atoms with Gasteiger partial charge in [-0.15, -0.1) is 11.3 Å². The summed E-state index contributed by atoms with van der Waals surface area (Å²) in [5.41, 5.74) is 0. The smallest absolute Gasteiger partial charge is 0.252 e. The van der Waals surface area contributed by atoms with Gasteiger partial charge in [-0.3, -0.25) is 0 Å². The highest BCUT2D eigenvalue weighted by Gasteiger charge is 2.41. The normalized spacial score (nSPS) is 28.7. The first-order valence-electron chi connectivity index (χ1n) is 6.31. The Kier molecular flexibility index (Phi) is 3.21. The molecule has 0 aromatic carbocycles. The lowest BCUT2D eigenvalue weighted by Crippen LogP contribution is -2.29. The van der Waals surface area contributed by atoms with Crippen molar-refractivity contribution in [2.45, 2.75) is 30.1 Å². The second-order valence-electron chi connectivity index (χ2n) is 5.15. The molecule has 3 rings (SSSR count). The van der Waals surface area contributed by atoms with Gasteiger partial charge < -0.3 is 5.11 Å². The molecule has 100 valence electrons. The third-order valence-electron chi connectivity index (χ3n) is 4.08. The van der Waals surface area contributed by atoms with E-state index in [0.29, 0.717) is 34.0 Å². The highest BCUT2D eigenvalue weighted by Crippen LogP contribution is 2.40. The average molecular weight is 287 g/mol. The molecule has 2 unspecified atom stereocenters. The van der Waals surface area contributed by atoms with Crippen LogP contribution in [0.4, 0.5) is 0 Å². The molecule has 1 aromatic heterocycles. The number of fused-ring (bicyclic) bond motifs is 1. The predicted octanol–water partition coefficient (Wildman–Crippen LogP) is 1.66. The van der Waals surface area contributed by atoms with Gasteiger partial charge in [0.25, 0.3) is 10.0 Å². The van der Waals surface area contributed by atoms with Crippen LogP contribution in [0.5, 0.6) is 0 Å². The van der Waals surface area contributed by atoms with E-state index in [9.17, 15) is 8.42 Å². The zero-order valence-electron chi connectivity index (χ0n) is 10.1. The topological polar surface area (TPSA) is 57.6 Å². The SMILES string of the molecule is O=S(=O)(c1ccc(CO)s1)N1CC2CCCC2C1. The number of aliphatic hydroxyl groups excluding tert-OH is 1. The predicted molar refractivity (Wildman–Crippen MR) is 69.8 cm³/mol. The van der Waals surface area contributed by atoms with Crippen LogP contribution in [0.3, 0.4) is 0 Å². The molecule has 1 N–H and O–H groups in total. The summed E-state index contributed by atoms with van der Waals surface area (Å²) >= 11 is 1.18. The highest BCUT2D eigenvalue weighted by atomic mass is 32.2. The fraction of sp³-hybridized carbons (Fsp3) is 0.667. The Balaban J connectivity index is 1.82.